The van der Waals surface area contributed by atoms with Gasteiger partial charge in [-0.3, -0.25) is 9.20 Å². The maximum atomic E-state index is 12.2. The molecule has 3 aromatic rings. The Morgan fingerprint density at radius 3 is 2.72 bits per heavy atom. The molecule has 0 bridgehead atoms. The predicted molar refractivity (Wildman–Crippen MR) is 96.0 cm³/mol. The molecule has 1 N–H and O–H groups in total. The van der Waals surface area contributed by atoms with Gasteiger partial charge in [-0.15, -0.1) is 0 Å². The van der Waals surface area contributed by atoms with Crippen LogP contribution in [0.15, 0.2) is 47.4 Å². The van der Waals surface area contributed by atoms with Crippen molar-refractivity contribution in [3.05, 3.63) is 75.3 Å². The van der Waals surface area contributed by atoms with Gasteiger partial charge in [0.15, 0.2) is 0 Å². The summed E-state index contributed by atoms with van der Waals surface area (Å²) in [4.78, 5) is 28.3. The predicted octanol–water partition coefficient (Wildman–Crippen LogP) is 2.71. The van der Waals surface area contributed by atoms with Gasteiger partial charge in [-0.25, -0.2) is 9.78 Å². The molecule has 128 valence electrons. The summed E-state index contributed by atoms with van der Waals surface area (Å²) < 4.78 is 6.25. The van der Waals surface area contributed by atoms with E-state index in [1.54, 1.807) is 18.3 Å². The summed E-state index contributed by atoms with van der Waals surface area (Å²) >= 11 is 0. The van der Waals surface area contributed by atoms with Crippen molar-refractivity contribution in [2.24, 2.45) is 0 Å². The standard InChI is InChI=1S/C19H19N3O3/c1-12-4-7-17-21-15(9-18(23)22(17)11-12)10-20-16-6-5-14(8-13(16)2)19(24)25-3/h4-9,11,20H,10H2,1-3H3. The molecule has 6 heteroatoms. The summed E-state index contributed by atoms with van der Waals surface area (Å²) in [7, 11) is 1.36. The molecule has 2 aromatic heterocycles. The Labute approximate surface area is 145 Å². The van der Waals surface area contributed by atoms with Crippen LogP contribution in [0.2, 0.25) is 0 Å². The number of hydrogen-bond acceptors (Lipinski definition) is 5. The van der Waals surface area contributed by atoms with Gasteiger partial charge >= 0.3 is 5.97 Å². The maximum Gasteiger partial charge on any atom is 0.337 e. The van der Waals surface area contributed by atoms with Crippen LogP contribution in [-0.2, 0) is 11.3 Å². The number of nitrogens with zero attached hydrogens (tertiary/aromatic N) is 2. The molecule has 25 heavy (non-hydrogen) atoms. The summed E-state index contributed by atoms with van der Waals surface area (Å²) in [5.41, 5.74) is 4.46. The first kappa shape index (κ1) is 16.7. The van der Waals surface area contributed by atoms with Gasteiger partial charge in [-0.1, -0.05) is 6.07 Å². The van der Waals surface area contributed by atoms with E-state index in [2.05, 4.69) is 10.3 Å². The molecule has 0 aliphatic carbocycles. The van der Waals surface area contributed by atoms with Gasteiger partial charge in [0.1, 0.15) is 5.65 Å². The van der Waals surface area contributed by atoms with Gasteiger partial charge in [-0.2, -0.15) is 0 Å². The lowest BCUT2D eigenvalue weighted by Crippen LogP contribution is -2.17. The molecule has 0 amide bonds. The molecule has 1 aromatic carbocycles. The molecule has 2 heterocycles. The molecular weight excluding hydrogens is 318 g/mol. The van der Waals surface area contributed by atoms with Crippen LogP contribution >= 0.6 is 0 Å². The van der Waals surface area contributed by atoms with Crippen LogP contribution in [0.1, 0.15) is 27.2 Å². The van der Waals surface area contributed by atoms with Gasteiger partial charge in [0, 0.05) is 18.0 Å². The van der Waals surface area contributed by atoms with E-state index in [4.69, 9.17) is 4.74 Å². The van der Waals surface area contributed by atoms with E-state index in [0.29, 0.717) is 23.4 Å². The third-order valence-electron chi connectivity index (χ3n) is 3.97. The summed E-state index contributed by atoms with van der Waals surface area (Å²) in [6.45, 7) is 4.25. The Bertz CT molecular complexity index is 1010. The van der Waals surface area contributed by atoms with Crippen molar-refractivity contribution in [3.8, 4) is 0 Å². The second-order valence-electron chi connectivity index (χ2n) is 5.90. The van der Waals surface area contributed by atoms with Crippen molar-refractivity contribution in [2.45, 2.75) is 20.4 Å². The van der Waals surface area contributed by atoms with Gasteiger partial charge in [-0.05, 0) is 49.2 Å². The van der Waals surface area contributed by atoms with Crippen molar-refractivity contribution in [1.29, 1.82) is 0 Å². The second kappa shape index (κ2) is 6.76. The molecule has 3 rings (SSSR count). The molecule has 0 atom stereocenters. The fraction of sp³-hybridized carbons (Fsp3) is 0.211. The number of hydrogen-bond donors (Lipinski definition) is 1. The van der Waals surface area contributed by atoms with E-state index < -0.39 is 0 Å². The van der Waals surface area contributed by atoms with Gasteiger partial charge < -0.3 is 10.1 Å². The van der Waals surface area contributed by atoms with Gasteiger partial charge in [0.2, 0.25) is 0 Å². The van der Waals surface area contributed by atoms with Crippen LogP contribution in [0.4, 0.5) is 5.69 Å². The largest absolute Gasteiger partial charge is 0.465 e. The summed E-state index contributed by atoms with van der Waals surface area (Å²) in [5.74, 6) is -0.367. The van der Waals surface area contributed by atoms with Gasteiger partial charge in [0.25, 0.3) is 5.56 Å². The normalized spacial score (nSPS) is 10.7. The first-order chi connectivity index (χ1) is 12.0. The fourth-order valence-electron chi connectivity index (χ4n) is 2.64. The Kier molecular flexibility index (Phi) is 4.52. The summed E-state index contributed by atoms with van der Waals surface area (Å²) in [5, 5.41) is 3.25. The average Bonchev–Trinajstić information content (AvgIpc) is 2.60. The lowest BCUT2D eigenvalue weighted by Gasteiger charge is -2.11. The van der Waals surface area contributed by atoms with Crippen molar-refractivity contribution >= 4 is 17.3 Å². The maximum absolute atomic E-state index is 12.2. The number of carbonyl (C=O) groups is 1. The van der Waals surface area contributed by atoms with Crippen LogP contribution in [0.25, 0.3) is 5.65 Å². The molecule has 0 saturated heterocycles. The lowest BCUT2D eigenvalue weighted by molar-refractivity contribution is 0.0600. The number of nitrogens with one attached hydrogen (secondary N) is 1. The van der Waals surface area contributed by atoms with E-state index in [1.807, 2.05) is 32.0 Å². The second-order valence-corrected chi connectivity index (χ2v) is 5.90. The molecule has 0 saturated carbocycles. The molecule has 0 aliphatic rings. The minimum atomic E-state index is -0.367. The number of benzene rings is 1. The highest BCUT2D eigenvalue weighted by molar-refractivity contribution is 5.90. The highest BCUT2D eigenvalue weighted by Gasteiger charge is 2.08. The number of methoxy groups -OCH3 is 1. The number of esters is 1. The number of ether oxygens (including phenoxy) is 1. The van der Waals surface area contributed by atoms with Crippen LogP contribution in [0.5, 0.6) is 0 Å². The Balaban J connectivity index is 1.82. The van der Waals surface area contributed by atoms with Gasteiger partial charge in [0.05, 0.1) is 24.9 Å². The first-order valence-corrected chi connectivity index (χ1v) is 7.90. The van der Waals surface area contributed by atoms with Crippen LogP contribution in [0.3, 0.4) is 0 Å². The van der Waals surface area contributed by atoms with Crippen LogP contribution in [0, 0.1) is 13.8 Å². The van der Waals surface area contributed by atoms with Crippen LogP contribution in [-0.4, -0.2) is 22.5 Å². The number of anilines is 1. The molecule has 0 unspecified atom stereocenters. The Morgan fingerprint density at radius 2 is 2.00 bits per heavy atom. The highest BCUT2D eigenvalue weighted by atomic mass is 16.5. The number of aromatic nitrogens is 2. The highest BCUT2D eigenvalue weighted by Crippen LogP contribution is 2.18. The zero-order valence-electron chi connectivity index (χ0n) is 14.4. The van der Waals surface area contributed by atoms with E-state index in [1.165, 1.54) is 17.6 Å². The van der Waals surface area contributed by atoms with Crippen molar-refractivity contribution in [3.63, 3.8) is 0 Å². The number of pyridine rings is 1. The zero-order valence-corrected chi connectivity index (χ0v) is 14.4. The monoisotopic (exact) mass is 337 g/mol. The topological polar surface area (TPSA) is 72.7 Å². The third-order valence-corrected chi connectivity index (χ3v) is 3.97. The summed E-state index contributed by atoms with van der Waals surface area (Å²) in [6.07, 6.45) is 1.78. The molecule has 6 nitrogen and oxygen atoms in total. The number of rotatable bonds is 4. The number of fused-ring (bicyclic) bond motifs is 1. The number of carbonyl (C=O) groups excluding carboxylic acids is 1. The Morgan fingerprint density at radius 1 is 1.20 bits per heavy atom. The molecule has 0 spiro atoms. The van der Waals surface area contributed by atoms with E-state index in [-0.39, 0.29) is 11.5 Å². The number of aryl methyl sites for hydroxylation is 2. The zero-order chi connectivity index (χ0) is 18.0. The fourth-order valence-corrected chi connectivity index (χ4v) is 2.64. The lowest BCUT2D eigenvalue weighted by atomic mass is 10.1. The third kappa shape index (κ3) is 3.52. The quantitative estimate of drug-likeness (QED) is 0.741. The minimum Gasteiger partial charge on any atom is -0.465 e. The van der Waals surface area contributed by atoms with Crippen molar-refractivity contribution in [1.82, 2.24) is 9.38 Å². The molecular formula is C19H19N3O3. The van der Waals surface area contributed by atoms with Crippen LogP contribution < -0.4 is 10.9 Å². The first-order valence-electron chi connectivity index (χ1n) is 7.90. The van der Waals surface area contributed by atoms with E-state index in [0.717, 1.165) is 16.8 Å². The minimum absolute atomic E-state index is 0.108. The van der Waals surface area contributed by atoms with Crippen molar-refractivity contribution in [2.75, 3.05) is 12.4 Å². The molecule has 0 radical (unpaired) electrons. The Hall–Kier alpha value is -3.15. The molecule has 0 fully saturated rings. The molecule has 0 aliphatic heterocycles. The summed E-state index contributed by atoms with van der Waals surface area (Å²) in [6, 6.07) is 10.6. The smallest absolute Gasteiger partial charge is 0.337 e. The SMILES string of the molecule is COC(=O)c1ccc(NCc2cc(=O)n3cc(C)ccc3n2)c(C)c1. The van der Waals surface area contributed by atoms with E-state index in [9.17, 15) is 9.59 Å². The van der Waals surface area contributed by atoms with Crippen molar-refractivity contribution < 1.29 is 9.53 Å². The average molecular weight is 337 g/mol. The van der Waals surface area contributed by atoms with E-state index >= 15 is 0 Å².